The van der Waals surface area contributed by atoms with Gasteiger partial charge in [0.25, 0.3) is 0 Å². The number of benzene rings is 3. The SMILES string of the molecule is O[C@H]1CC[C@H](CCOC(c2ccccc2)(c2ccccc2)c2ccccc2)CC1. The molecule has 0 spiro atoms. The van der Waals surface area contributed by atoms with Gasteiger partial charge in [0.1, 0.15) is 5.60 Å². The molecular formula is C27H30O2. The van der Waals surface area contributed by atoms with E-state index in [1.54, 1.807) is 0 Å². The van der Waals surface area contributed by atoms with Crippen molar-refractivity contribution in [2.24, 2.45) is 5.92 Å². The minimum atomic E-state index is -0.627. The minimum Gasteiger partial charge on any atom is -0.393 e. The normalized spacial score (nSPS) is 19.8. The van der Waals surface area contributed by atoms with E-state index < -0.39 is 5.60 Å². The number of aliphatic hydroxyl groups excluding tert-OH is 1. The Morgan fingerprint density at radius 1 is 0.655 bits per heavy atom. The van der Waals surface area contributed by atoms with Crippen molar-refractivity contribution in [1.29, 1.82) is 0 Å². The number of ether oxygens (including phenoxy) is 1. The van der Waals surface area contributed by atoms with Gasteiger partial charge >= 0.3 is 0 Å². The topological polar surface area (TPSA) is 29.5 Å². The summed E-state index contributed by atoms with van der Waals surface area (Å²) in [6.07, 6.45) is 4.96. The summed E-state index contributed by atoms with van der Waals surface area (Å²) in [5, 5.41) is 9.80. The van der Waals surface area contributed by atoms with Gasteiger partial charge in [-0.15, -0.1) is 0 Å². The second kappa shape index (κ2) is 9.39. The molecule has 1 aliphatic rings. The van der Waals surface area contributed by atoms with Crippen LogP contribution in [0.5, 0.6) is 0 Å². The molecule has 1 saturated carbocycles. The zero-order chi connectivity index (χ0) is 19.9. The summed E-state index contributed by atoms with van der Waals surface area (Å²) in [5.74, 6) is 0.637. The molecule has 0 saturated heterocycles. The van der Waals surface area contributed by atoms with E-state index in [1.807, 2.05) is 0 Å². The van der Waals surface area contributed by atoms with Crippen molar-refractivity contribution in [3.63, 3.8) is 0 Å². The van der Waals surface area contributed by atoms with Crippen molar-refractivity contribution in [1.82, 2.24) is 0 Å². The van der Waals surface area contributed by atoms with Crippen molar-refractivity contribution in [3.8, 4) is 0 Å². The molecule has 1 fully saturated rings. The summed E-state index contributed by atoms with van der Waals surface area (Å²) >= 11 is 0. The van der Waals surface area contributed by atoms with E-state index in [-0.39, 0.29) is 6.10 Å². The van der Waals surface area contributed by atoms with Crippen molar-refractivity contribution < 1.29 is 9.84 Å². The van der Waals surface area contributed by atoms with E-state index in [0.29, 0.717) is 12.5 Å². The highest BCUT2D eigenvalue weighted by molar-refractivity contribution is 5.47. The third kappa shape index (κ3) is 4.44. The highest BCUT2D eigenvalue weighted by Gasteiger charge is 2.37. The summed E-state index contributed by atoms with van der Waals surface area (Å²) in [4.78, 5) is 0. The molecule has 3 aromatic carbocycles. The first-order valence-electron chi connectivity index (χ1n) is 10.8. The van der Waals surface area contributed by atoms with E-state index >= 15 is 0 Å². The molecule has 29 heavy (non-hydrogen) atoms. The number of hydrogen-bond donors (Lipinski definition) is 1. The lowest BCUT2D eigenvalue weighted by atomic mass is 9.80. The first-order chi connectivity index (χ1) is 14.3. The fourth-order valence-corrected chi connectivity index (χ4v) is 4.58. The third-order valence-corrected chi connectivity index (χ3v) is 6.20. The molecule has 3 aromatic rings. The quantitative estimate of drug-likeness (QED) is 0.510. The Balaban J connectivity index is 1.68. The van der Waals surface area contributed by atoms with Gasteiger partial charge in [-0.25, -0.2) is 0 Å². The Morgan fingerprint density at radius 3 is 1.48 bits per heavy atom. The third-order valence-electron chi connectivity index (χ3n) is 6.20. The molecule has 0 unspecified atom stereocenters. The van der Waals surface area contributed by atoms with Crippen molar-refractivity contribution in [3.05, 3.63) is 108 Å². The van der Waals surface area contributed by atoms with Crippen LogP contribution in [0, 0.1) is 5.92 Å². The Morgan fingerprint density at radius 2 is 1.07 bits per heavy atom. The van der Waals surface area contributed by atoms with Gasteiger partial charge in [-0.05, 0) is 54.7 Å². The molecule has 0 aromatic heterocycles. The van der Waals surface area contributed by atoms with Gasteiger partial charge in [0.15, 0.2) is 0 Å². The van der Waals surface area contributed by atoms with Crippen molar-refractivity contribution in [2.75, 3.05) is 6.61 Å². The molecule has 150 valence electrons. The summed E-state index contributed by atoms with van der Waals surface area (Å²) in [7, 11) is 0. The molecule has 2 nitrogen and oxygen atoms in total. The molecule has 2 heteroatoms. The van der Waals surface area contributed by atoms with Gasteiger partial charge in [0.05, 0.1) is 6.10 Å². The maximum absolute atomic E-state index is 9.80. The summed E-state index contributed by atoms with van der Waals surface area (Å²) in [6.45, 7) is 0.694. The molecular weight excluding hydrogens is 356 g/mol. The van der Waals surface area contributed by atoms with Crippen LogP contribution in [0.1, 0.15) is 48.8 Å². The summed E-state index contributed by atoms with van der Waals surface area (Å²) < 4.78 is 6.86. The van der Waals surface area contributed by atoms with Crippen LogP contribution in [0.15, 0.2) is 91.0 Å². The van der Waals surface area contributed by atoms with Crippen LogP contribution in [-0.4, -0.2) is 17.8 Å². The van der Waals surface area contributed by atoms with E-state index in [1.165, 1.54) is 0 Å². The summed E-state index contributed by atoms with van der Waals surface area (Å²) in [5.41, 5.74) is 2.82. The van der Waals surface area contributed by atoms with E-state index in [4.69, 9.17) is 4.74 Å². The zero-order valence-corrected chi connectivity index (χ0v) is 16.9. The van der Waals surface area contributed by atoms with Gasteiger partial charge in [-0.3, -0.25) is 0 Å². The van der Waals surface area contributed by atoms with Gasteiger partial charge in [0, 0.05) is 6.61 Å². The molecule has 0 bridgehead atoms. The molecule has 0 heterocycles. The van der Waals surface area contributed by atoms with E-state index in [0.717, 1.165) is 48.8 Å². The molecule has 0 amide bonds. The average molecular weight is 387 g/mol. The van der Waals surface area contributed by atoms with Crippen LogP contribution in [0.4, 0.5) is 0 Å². The molecule has 0 aliphatic heterocycles. The van der Waals surface area contributed by atoms with Gasteiger partial charge in [-0.1, -0.05) is 91.0 Å². The average Bonchev–Trinajstić information content (AvgIpc) is 2.80. The van der Waals surface area contributed by atoms with Crippen molar-refractivity contribution in [2.45, 2.75) is 43.8 Å². The molecule has 4 rings (SSSR count). The largest absolute Gasteiger partial charge is 0.393 e. The van der Waals surface area contributed by atoms with Crippen LogP contribution in [-0.2, 0) is 10.3 Å². The number of aliphatic hydroxyl groups is 1. The fourth-order valence-electron chi connectivity index (χ4n) is 4.58. The van der Waals surface area contributed by atoms with Crippen LogP contribution in [0.2, 0.25) is 0 Å². The standard InChI is InChI=1S/C27H30O2/c28-26-18-16-22(17-19-26)20-21-29-27(23-10-4-1-5-11-23,24-12-6-2-7-13-24)25-14-8-3-9-15-25/h1-15,22,26,28H,16-21H2/t22-,26-. The second-order valence-corrected chi connectivity index (χ2v) is 8.09. The van der Waals surface area contributed by atoms with Crippen LogP contribution in [0.25, 0.3) is 0 Å². The van der Waals surface area contributed by atoms with Crippen LogP contribution < -0.4 is 0 Å². The molecule has 1 aliphatic carbocycles. The Labute approximate surface area is 174 Å². The lowest BCUT2D eigenvalue weighted by Gasteiger charge is -2.36. The van der Waals surface area contributed by atoms with Gasteiger partial charge in [-0.2, -0.15) is 0 Å². The first kappa shape index (κ1) is 19.9. The Hall–Kier alpha value is -2.42. The lowest BCUT2D eigenvalue weighted by molar-refractivity contribution is 0.0000469. The lowest BCUT2D eigenvalue weighted by Crippen LogP contribution is -2.34. The van der Waals surface area contributed by atoms with E-state index in [2.05, 4.69) is 91.0 Å². The monoisotopic (exact) mass is 386 g/mol. The van der Waals surface area contributed by atoms with Gasteiger partial charge in [0.2, 0.25) is 0 Å². The molecule has 1 N–H and O–H groups in total. The Kier molecular flexibility index (Phi) is 6.43. The number of hydrogen-bond acceptors (Lipinski definition) is 2. The minimum absolute atomic E-state index is 0.107. The second-order valence-electron chi connectivity index (χ2n) is 8.09. The smallest absolute Gasteiger partial charge is 0.143 e. The van der Waals surface area contributed by atoms with Crippen LogP contribution >= 0.6 is 0 Å². The van der Waals surface area contributed by atoms with Crippen molar-refractivity contribution >= 4 is 0 Å². The first-order valence-corrected chi connectivity index (χ1v) is 10.8. The van der Waals surface area contributed by atoms with Crippen LogP contribution in [0.3, 0.4) is 0 Å². The highest BCUT2D eigenvalue weighted by Crippen LogP contribution is 2.41. The highest BCUT2D eigenvalue weighted by atomic mass is 16.5. The zero-order valence-electron chi connectivity index (χ0n) is 16.9. The maximum Gasteiger partial charge on any atom is 0.143 e. The molecule has 0 radical (unpaired) electrons. The molecule has 0 atom stereocenters. The summed E-state index contributed by atoms with van der Waals surface area (Å²) in [6, 6.07) is 31.7. The van der Waals surface area contributed by atoms with E-state index in [9.17, 15) is 5.11 Å². The fraction of sp³-hybridized carbons (Fsp3) is 0.333. The number of rotatable bonds is 7. The van der Waals surface area contributed by atoms with Gasteiger partial charge < -0.3 is 9.84 Å². The predicted octanol–water partition coefficient (Wildman–Crippen LogP) is 5.94. The predicted molar refractivity (Wildman–Crippen MR) is 118 cm³/mol. The maximum atomic E-state index is 9.80. The Bertz CT molecular complexity index is 756.